The minimum Gasteiger partial charge on any atom is -0.480 e. The van der Waals surface area contributed by atoms with Crippen molar-refractivity contribution in [1.29, 1.82) is 0 Å². The average Bonchev–Trinajstić information content (AvgIpc) is 2.25. The molecule has 0 radical (unpaired) electrons. The fraction of sp³-hybridized carbons (Fsp3) is 0.333. The molecule has 0 unspecified atom stereocenters. The van der Waals surface area contributed by atoms with E-state index in [1.54, 1.807) is 6.92 Å². The van der Waals surface area contributed by atoms with Crippen LogP contribution in [0.1, 0.15) is 23.8 Å². The van der Waals surface area contributed by atoms with Gasteiger partial charge in [0.2, 0.25) is 0 Å². The molecule has 86 valence electrons. The summed E-state index contributed by atoms with van der Waals surface area (Å²) in [6, 6.07) is -0.937. The van der Waals surface area contributed by atoms with Crippen LogP contribution in [-0.4, -0.2) is 33.0 Å². The first-order valence-electron chi connectivity index (χ1n) is 4.55. The number of carbonyl (C=O) groups is 2. The fourth-order valence-electron chi connectivity index (χ4n) is 1.02. The van der Waals surface area contributed by atoms with Crippen LogP contribution >= 0.6 is 11.6 Å². The maximum atomic E-state index is 11.5. The molecule has 1 aromatic heterocycles. The van der Waals surface area contributed by atoms with Gasteiger partial charge in [-0.05, 0) is 6.42 Å². The summed E-state index contributed by atoms with van der Waals surface area (Å²) in [7, 11) is 0. The van der Waals surface area contributed by atoms with Crippen LogP contribution in [0.5, 0.6) is 0 Å². The number of hydrogen-bond acceptors (Lipinski definition) is 4. The van der Waals surface area contributed by atoms with E-state index in [4.69, 9.17) is 16.7 Å². The fourth-order valence-corrected chi connectivity index (χ4v) is 1.17. The molecule has 0 saturated carbocycles. The molecule has 2 N–H and O–H groups in total. The van der Waals surface area contributed by atoms with Crippen molar-refractivity contribution in [3.05, 3.63) is 23.2 Å². The van der Waals surface area contributed by atoms with Crippen LogP contribution in [0.3, 0.4) is 0 Å². The molecule has 0 aliphatic rings. The largest absolute Gasteiger partial charge is 0.480 e. The first-order valence-corrected chi connectivity index (χ1v) is 4.93. The van der Waals surface area contributed by atoms with Gasteiger partial charge in [0, 0.05) is 0 Å². The van der Waals surface area contributed by atoms with Crippen LogP contribution in [0, 0.1) is 0 Å². The van der Waals surface area contributed by atoms with Crippen molar-refractivity contribution < 1.29 is 14.7 Å². The van der Waals surface area contributed by atoms with Gasteiger partial charge in [0.1, 0.15) is 16.9 Å². The quantitative estimate of drug-likeness (QED) is 0.813. The Balaban J connectivity index is 2.75. The molecule has 1 atom stereocenters. The van der Waals surface area contributed by atoms with Gasteiger partial charge >= 0.3 is 5.97 Å². The third-order valence-electron chi connectivity index (χ3n) is 1.85. The second kappa shape index (κ2) is 5.41. The van der Waals surface area contributed by atoms with E-state index < -0.39 is 17.9 Å². The van der Waals surface area contributed by atoms with Gasteiger partial charge in [0.25, 0.3) is 5.91 Å². The number of nitrogens with zero attached hydrogens (tertiary/aromatic N) is 2. The van der Waals surface area contributed by atoms with Gasteiger partial charge in [0.05, 0.1) is 12.4 Å². The van der Waals surface area contributed by atoms with E-state index in [2.05, 4.69) is 15.3 Å². The SMILES string of the molecule is CC[C@@H](NC(=O)c1cncc(Cl)n1)C(=O)O. The van der Waals surface area contributed by atoms with E-state index >= 15 is 0 Å². The topological polar surface area (TPSA) is 92.2 Å². The molecule has 1 amide bonds. The van der Waals surface area contributed by atoms with Crippen LogP contribution in [0.15, 0.2) is 12.4 Å². The van der Waals surface area contributed by atoms with Crippen molar-refractivity contribution in [2.45, 2.75) is 19.4 Å². The number of aromatic nitrogens is 2. The van der Waals surface area contributed by atoms with Crippen molar-refractivity contribution in [1.82, 2.24) is 15.3 Å². The van der Waals surface area contributed by atoms with Crippen LogP contribution in [0.2, 0.25) is 5.15 Å². The number of nitrogens with one attached hydrogen (secondary N) is 1. The maximum Gasteiger partial charge on any atom is 0.326 e. The molecule has 0 saturated heterocycles. The number of carboxylic acid groups (broad SMARTS) is 1. The molecule has 1 heterocycles. The summed E-state index contributed by atoms with van der Waals surface area (Å²) in [4.78, 5) is 29.6. The molecule has 0 aliphatic heterocycles. The van der Waals surface area contributed by atoms with E-state index in [1.807, 2.05) is 0 Å². The molecule has 1 rings (SSSR count). The van der Waals surface area contributed by atoms with Crippen LogP contribution in [0.25, 0.3) is 0 Å². The van der Waals surface area contributed by atoms with Gasteiger partial charge in [-0.3, -0.25) is 9.78 Å². The highest BCUT2D eigenvalue weighted by Crippen LogP contribution is 2.03. The smallest absolute Gasteiger partial charge is 0.326 e. The Bertz CT molecular complexity index is 411. The predicted octanol–water partition coefficient (Wildman–Crippen LogP) is 0.723. The molecule has 1 aromatic rings. The van der Waals surface area contributed by atoms with Gasteiger partial charge in [-0.15, -0.1) is 0 Å². The van der Waals surface area contributed by atoms with Crippen LogP contribution in [0.4, 0.5) is 0 Å². The van der Waals surface area contributed by atoms with Crippen molar-refractivity contribution in [2.75, 3.05) is 0 Å². The molecule has 0 fully saturated rings. The second-order valence-electron chi connectivity index (χ2n) is 3.00. The monoisotopic (exact) mass is 243 g/mol. The zero-order valence-electron chi connectivity index (χ0n) is 8.48. The van der Waals surface area contributed by atoms with E-state index in [0.717, 1.165) is 0 Å². The molecular formula is C9H10ClN3O3. The van der Waals surface area contributed by atoms with Gasteiger partial charge in [-0.25, -0.2) is 9.78 Å². The predicted molar refractivity (Wildman–Crippen MR) is 56.2 cm³/mol. The Labute approximate surface area is 96.7 Å². The zero-order valence-corrected chi connectivity index (χ0v) is 9.23. The van der Waals surface area contributed by atoms with E-state index in [-0.39, 0.29) is 17.3 Å². The molecule has 0 aliphatic carbocycles. The summed E-state index contributed by atoms with van der Waals surface area (Å²) < 4.78 is 0. The minimum atomic E-state index is -1.09. The van der Waals surface area contributed by atoms with Crippen LogP contribution < -0.4 is 5.32 Å². The molecule has 16 heavy (non-hydrogen) atoms. The highest BCUT2D eigenvalue weighted by molar-refractivity contribution is 6.29. The van der Waals surface area contributed by atoms with Crippen molar-refractivity contribution in [3.63, 3.8) is 0 Å². The third kappa shape index (κ3) is 3.16. The van der Waals surface area contributed by atoms with E-state index in [9.17, 15) is 9.59 Å². The standard InChI is InChI=1S/C9H10ClN3O3/c1-2-5(9(15)16)13-8(14)6-3-11-4-7(10)12-6/h3-5H,2H2,1H3,(H,13,14)(H,15,16)/t5-/m1/s1. The lowest BCUT2D eigenvalue weighted by Gasteiger charge is -2.11. The van der Waals surface area contributed by atoms with Crippen LogP contribution in [-0.2, 0) is 4.79 Å². The molecule has 0 bridgehead atoms. The number of carbonyl (C=O) groups excluding carboxylic acids is 1. The van der Waals surface area contributed by atoms with Gasteiger partial charge in [-0.1, -0.05) is 18.5 Å². The third-order valence-corrected chi connectivity index (χ3v) is 2.03. The molecular weight excluding hydrogens is 234 g/mol. The van der Waals surface area contributed by atoms with Crippen molar-refractivity contribution in [2.24, 2.45) is 0 Å². The molecule has 6 nitrogen and oxygen atoms in total. The van der Waals surface area contributed by atoms with Gasteiger partial charge < -0.3 is 10.4 Å². The molecule has 0 aromatic carbocycles. The first-order chi connectivity index (χ1) is 7.54. The van der Waals surface area contributed by atoms with E-state index in [0.29, 0.717) is 0 Å². The summed E-state index contributed by atoms with van der Waals surface area (Å²) in [6.45, 7) is 1.66. The summed E-state index contributed by atoms with van der Waals surface area (Å²) in [5.74, 6) is -1.70. The Morgan fingerprint density at radius 2 is 2.25 bits per heavy atom. The van der Waals surface area contributed by atoms with E-state index in [1.165, 1.54) is 12.4 Å². The lowest BCUT2D eigenvalue weighted by Crippen LogP contribution is -2.40. The lowest BCUT2D eigenvalue weighted by molar-refractivity contribution is -0.139. The Hall–Kier alpha value is -1.69. The normalized spacial score (nSPS) is 11.9. The highest BCUT2D eigenvalue weighted by atomic mass is 35.5. The second-order valence-corrected chi connectivity index (χ2v) is 3.39. The highest BCUT2D eigenvalue weighted by Gasteiger charge is 2.19. The molecule has 0 spiro atoms. The number of amides is 1. The summed E-state index contributed by atoms with van der Waals surface area (Å²) in [5, 5.41) is 11.1. The number of carboxylic acids is 1. The number of halogens is 1. The van der Waals surface area contributed by atoms with Crippen molar-refractivity contribution >= 4 is 23.5 Å². The van der Waals surface area contributed by atoms with Crippen molar-refractivity contribution in [3.8, 4) is 0 Å². The minimum absolute atomic E-state index is 0.00722. The Morgan fingerprint density at radius 3 is 2.75 bits per heavy atom. The van der Waals surface area contributed by atoms with Gasteiger partial charge in [0.15, 0.2) is 0 Å². The average molecular weight is 244 g/mol. The molecule has 7 heteroatoms. The summed E-state index contributed by atoms with van der Waals surface area (Å²) in [5.41, 5.74) is -0.00722. The number of rotatable bonds is 4. The number of hydrogen-bond donors (Lipinski definition) is 2. The first kappa shape index (κ1) is 12.4. The lowest BCUT2D eigenvalue weighted by atomic mass is 10.2. The maximum absolute atomic E-state index is 11.5. The zero-order chi connectivity index (χ0) is 12.1. The Morgan fingerprint density at radius 1 is 1.56 bits per heavy atom. The number of aliphatic carboxylic acids is 1. The van der Waals surface area contributed by atoms with Gasteiger partial charge in [-0.2, -0.15) is 0 Å². The Kier molecular flexibility index (Phi) is 4.19. The summed E-state index contributed by atoms with van der Waals surface area (Å²) in [6.07, 6.45) is 2.79. The summed E-state index contributed by atoms with van der Waals surface area (Å²) >= 11 is 5.55.